The summed E-state index contributed by atoms with van der Waals surface area (Å²) >= 11 is 0. The largest absolute Gasteiger partial charge is 0.338 e. The first kappa shape index (κ1) is 22.3. The molecule has 0 saturated carbocycles. The van der Waals surface area contributed by atoms with E-state index in [2.05, 4.69) is 26.7 Å². The summed E-state index contributed by atoms with van der Waals surface area (Å²) in [4.78, 5) is 58.3. The number of anilines is 3. The van der Waals surface area contributed by atoms with Gasteiger partial charge in [0, 0.05) is 37.3 Å². The van der Waals surface area contributed by atoms with Crippen LogP contribution in [0.3, 0.4) is 0 Å². The highest BCUT2D eigenvalue weighted by Crippen LogP contribution is 2.32. The molecule has 1 atom stereocenters. The number of H-pyrrole nitrogens is 1. The maximum atomic E-state index is 13.1. The maximum absolute atomic E-state index is 13.1. The van der Waals surface area contributed by atoms with Crippen LogP contribution in [-0.4, -0.2) is 33.3 Å². The molecule has 11 heteroatoms. The Morgan fingerprint density at radius 2 is 1.97 bits per heavy atom. The fourth-order valence-electron chi connectivity index (χ4n) is 4.53. The van der Waals surface area contributed by atoms with Gasteiger partial charge in [-0.25, -0.2) is 0 Å². The van der Waals surface area contributed by atoms with E-state index in [0.29, 0.717) is 30.3 Å². The molecule has 3 heterocycles. The number of nitrogens with one attached hydrogen (secondary N) is 3. The molecule has 2 aliphatic heterocycles. The lowest BCUT2D eigenvalue weighted by Gasteiger charge is -2.30. The third-order valence-electron chi connectivity index (χ3n) is 6.36. The number of nitro benzene ring substituents is 1. The summed E-state index contributed by atoms with van der Waals surface area (Å²) in [6.45, 7) is 2.84. The minimum absolute atomic E-state index is 0.0689. The summed E-state index contributed by atoms with van der Waals surface area (Å²) in [6, 6.07) is 12.1. The summed E-state index contributed by atoms with van der Waals surface area (Å²) in [5.74, 6) is -1.65. The van der Waals surface area contributed by atoms with Crippen molar-refractivity contribution in [2.24, 2.45) is 0 Å². The van der Waals surface area contributed by atoms with Crippen LogP contribution in [0.15, 0.2) is 47.3 Å². The molecule has 11 nitrogen and oxygen atoms in total. The van der Waals surface area contributed by atoms with E-state index in [1.165, 1.54) is 23.8 Å². The first-order valence-corrected chi connectivity index (χ1v) is 11.1. The smallest absolute Gasteiger partial charge is 0.269 e. The van der Waals surface area contributed by atoms with Crippen molar-refractivity contribution < 1.29 is 14.5 Å². The molecule has 35 heavy (non-hydrogen) atoms. The molecule has 0 saturated heterocycles. The van der Waals surface area contributed by atoms with Gasteiger partial charge in [0.25, 0.3) is 11.2 Å². The van der Waals surface area contributed by atoms with E-state index in [1.807, 2.05) is 23.1 Å². The number of carbonyl (C=O) groups excluding carboxylic acids is 2. The number of aryl methyl sites for hydroxylation is 1. The van der Waals surface area contributed by atoms with E-state index >= 15 is 0 Å². The number of aromatic nitrogens is 2. The number of amides is 2. The summed E-state index contributed by atoms with van der Waals surface area (Å²) in [5.41, 5.74) is 2.72. The van der Waals surface area contributed by atoms with E-state index in [0.717, 1.165) is 12.0 Å². The molecule has 3 N–H and O–H groups in total. The van der Waals surface area contributed by atoms with Crippen molar-refractivity contribution in [1.29, 1.82) is 0 Å². The van der Waals surface area contributed by atoms with Gasteiger partial charge in [-0.3, -0.25) is 29.5 Å². The van der Waals surface area contributed by atoms with Gasteiger partial charge >= 0.3 is 0 Å². The number of nitrogens with zero attached hydrogens (tertiary/aromatic N) is 3. The Hall–Kier alpha value is -4.54. The molecule has 0 bridgehead atoms. The molecule has 0 radical (unpaired) electrons. The van der Waals surface area contributed by atoms with Crippen molar-refractivity contribution in [3.63, 3.8) is 0 Å². The predicted molar refractivity (Wildman–Crippen MR) is 129 cm³/mol. The molecule has 2 amide bonds. The number of fused-ring (bicyclic) bond motifs is 2. The van der Waals surface area contributed by atoms with Crippen LogP contribution in [-0.2, 0) is 22.6 Å². The van der Waals surface area contributed by atoms with Gasteiger partial charge in [0.05, 0.1) is 16.4 Å². The standard InChI is InChI=1S/C24H22N6O5/c1-13-10-16(30(34)35)6-7-18(13)25-22(32)17-11-19(31)26-21-20(17)23(33)28-24(27-21)29-9-8-14-4-2-3-5-15(14)12-29/h2-7,10,17H,8-9,11-12H2,1H3,(H,25,32)(H2,26,27,28,31,33). The number of aromatic amines is 1. The lowest BCUT2D eigenvalue weighted by molar-refractivity contribution is -0.384. The van der Waals surface area contributed by atoms with E-state index < -0.39 is 28.2 Å². The van der Waals surface area contributed by atoms with Crippen LogP contribution in [0, 0.1) is 17.0 Å². The van der Waals surface area contributed by atoms with E-state index in [9.17, 15) is 24.5 Å². The van der Waals surface area contributed by atoms with Crippen LogP contribution in [0.5, 0.6) is 0 Å². The average Bonchev–Trinajstić information content (AvgIpc) is 2.83. The minimum atomic E-state index is -1.05. The quantitative estimate of drug-likeness (QED) is 0.388. The monoisotopic (exact) mass is 474 g/mol. The zero-order valence-corrected chi connectivity index (χ0v) is 18.8. The van der Waals surface area contributed by atoms with Crippen molar-refractivity contribution in [3.05, 3.63) is 85.2 Å². The number of nitro groups is 1. The zero-order valence-electron chi connectivity index (χ0n) is 18.8. The van der Waals surface area contributed by atoms with Crippen LogP contribution in [0.25, 0.3) is 0 Å². The highest BCUT2D eigenvalue weighted by atomic mass is 16.6. The number of benzene rings is 2. The Labute approximate surface area is 199 Å². The lowest BCUT2D eigenvalue weighted by Crippen LogP contribution is -2.39. The minimum Gasteiger partial charge on any atom is -0.338 e. The highest BCUT2D eigenvalue weighted by Gasteiger charge is 2.35. The second kappa shape index (κ2) is 8.67. The summed E-state index contributed by atoms with van der Waals surface area (Å²) in [6.07, 6.45) is 0.578. The molecule has 5 rings (SSSR count). The molecule has 3 aromatic rings. The molecular formula is C24H22N6O5. The highest BCUT2D eigenvalue weighted by molar-refractivity contribution is 6.04. The third kappa shape index (κ3) is 4.23. The Morgan fingerprint density at radius 3 is 2.71 bits per heavy atom. The molecule has 1 aromatic heterocycles. The topological polar surface area (TPSA) is 150 Å². The molecule has 178 valence electrons. The Bertz CT molecular complexity index is 1430. The maximum Gasteiger partial charge on any atom is 0.269 e. The number of rotatable bonds is 4. The van der Waals surface area contributed by atoms with Crippen molar-refractivity contribution in [2.75, 3.05) is 22.1 Å². The molecule has 0 aliphatic carbocycles. The van der Waals surface area contributed by atoms with Gasteiger partial charge in [0.1, 0.15) is 5.82 Å². The van der Waals surface area contributed by atoms with Crippen LogP contribution < -0.4 is 21.1 Å². The Kier molecular flexibility index (Phi) is 5.51. The van der Waals surface area contributed by atoms with Gasteiger partial charge in [-0.2, -0.15) is 4.98 Å². The summed E-state index contributed by atoms with van der Waals surface area (Å²) in [5, 5.41) is 16.3. The fraction of sp³-hybridized carbons (Fsp3) is 0.250. The first-order valence-electron chi connectivity index (χ1n) is 11.1. The predicted octanol–water partition coefficient (Wildman–Crippen LogP) is 2.61. The molecular weight excluding hydrogens is 452 g/mol. The van der Waals surface area contributed by atoms with E-state index in [4.69, 9.17) is 0 Å². The van der Waals surface area contributed by atoms with Crippen LogP contribution in [0.4, 0.5) is 23.1 Å². The molecule has 1 unspecified atom stereocenters. The van der Waals surface area contributed by atoms with Crippen LogP contribution >= 0.6 is 0 Å². The number of carbonyl (C=O) groups is 2. The number of non-ortho nitro benzene ring substituents is 1. The van der Waals surface area contributed by atoms with Crippen LogP contribution in [0.1, 0.15) is 34.6 Å². The Balaban J connectivity index is 1.43. The van der Waals surface area contributed by atoms with Crippen molar-refractivity contribution in [3.8, 4) is 0 Å². The molecule has 0 spiro atoms. The summed E-state index contributed by atoms with van der Waals surface area (Å²) in [7, 11) is 0. The zero-order chi connectivity index (χ0) is 24.7. The SMILES string of the molecule is Cc1cc([N+](=O)[O-])ccc1NC(=O)C1CC(=O)Nc2nc(N3CCc4ccccc4C3)[nH]c(=O)c21. The second-order valence-corrected chi connectivity index (χ2v) is 8.64. The van der Waals surface area contributed by atoms with Gasteiger partial charge in [0.2, 0.25) is 17.8 Å². The number of hydrogen-bond acceptors (Lipinski definition) is 7. The van der Waals surface area contributed by atoms with Gasteiger partial charge in [-0.05, 0) is 36.1 Å². The lowest BCUT2D eigenvalue weighted by atomic mass is 9.92. The average molecular weight is 474 g/mol. The van der Waals surface area contributed by atoms with Crippen molar-refractivity contribution >= 4 is 35.0 Å². The van der Waals surface area contributed by atoms with E-state index in [1.54, 1.807) is 6.92 Å². The second-order valence-electron chi connectivity index (χ2n) is 8.64. The molecule has 2 aromatic carbocycles. The van der Waals surface area contributed by atoms with Crippen LogP contribution in [0.2, 0.25) is 0 Å². The number of hydrogen-bond donors (Lipinski definition) is 3. The van der Waals surface area contributed by atoms with Crippen molar-refractivity contribution in [2.45, 2.75) is 32.2 Å². The summed E-state index contributed by atoms with van der Waals surface area (Å²) < 4.78 is 0. The van der Waals surface area contributed by atoms with Crippen molar-refractivity contribution in [1.82, 2.24) is 9.97 Å². The van der Waals surface area contributed by atoms with Gasteiger partial charge < -0.3 is 15.5 Å². The molecule has 2 aliphatic rings. The van der Waals surface area contributed by atoms with E-state index in [-0.39, 0.29) is 23.5 Å². The third-order valence-corrected chi connectivity index (χ3v) is 6.36. The normalized spacial score (nSPS) is 16.7. The van der Waals surface area contributed by atoms with Gasteiger partial charge in [-0.1, -0.05) is 24.3 Å². The fourth-order valence-corrected chi connectivity index (χ4v) is 4.53. The molecule has 0 fully saturated rings. The Morgan fingerprint density at radius 1 is 1.20 bits per heavy atom. The van der Waals surface area contributed by atoms with Gasteiger partial charge in [-0.15, -0.1) is 0 Å². The van der Waals surface area contributed by atoms with Gasteiger partial charge in [0.15, 0.2) is 0 Å². The first-order chi connectivity index (χ1) is 16.8.